The van der Waals surface area contributed by atoms with Crippen LogP contribution in [0.4, 0.5) is 17.1 Å². The number of rotatable bonds is 4. The summed E-state index contributed by atoms with van der Waals surface area (Å²) in [6.45, 7) is 3.92. The highest BCUT2D eigenvalue weighted by Gasteiger charge is 2.18. The molecule has 4 rings (SSSR count). The van der Waals surface area contributed by atoms with Crippen molar-refractivity contribution in [2.45, 2.75) is 13.8 Å². The number of anilines is 1. The summed E-state index contributed by atoms with van der Waals surface area (Å²) in [5.74, 6) is -0.606. The molecule has 0 spiro atoms. The van der Waals surface area contributed by atoms with E-state index in [2.05, 4.69) is 15.5 Å². The van der Waals surface area contributed by atoms with Crippen LogP contribution in [0.2, 0.25) is 0 Å². The summed E-state index contributed by atoms with van der Waals surface area (Å²) in [5.41, 5.74) is 3.84. The van der Waals surface area contributed by atoms with E-state index in [0.717, 1.165) is 21.9 Å². The van der Waals surface area contributed by atoms with Gasteiger partial charge in [-0.2, -0.15) is 5.11 Å². The average Bonchev–Trinajstić information content (AvgIpc) is 2.75. The zero-order chi connectivity index (χ0) is 21.1. The smallest absolute Gasteiger partial charge is 0.259 e. The van der Waals surface area contributed by atoms with Crippen LogP contribution in [0.5, 0.6) is 5.75 Å². The van der Waals surface area contributed by atoms with Crippen molar-refractivity contribution < 1.29 is 9.90 Å². The van der Waals surface area contributed by atoms with E-state index >= 15 is 0 Å². The Labute approximate surface area is 174 Å². The second kappa shape index (κ2) is 8.17. The molecule has 5 heteroatoms. The maximum Gasteiger partial charge on any atom is 0.259 e. The van der Waals surface area contributed by atoms with E-state index < -0.39 is 5.91 Å². The Bertz CT molecular complexity index is 1260. The summed E-state index contributed by atoms with van der Waals surface area (Å²) >= 11 is 0. The van der Waals surface area contributed by atoms with Gasteiger partial charge < -0.3 is 10.4 Å². The van der Waals surface area contributed by atoms with E-state index in [1.807, 2.05) is 86.6 Å². The lowest BCUT2D eigenvalue weighted by Gasteiger charge is -2.11. The first-order chi connectivity index (χ1) is 14.5. The second-order valence-electron chi connectivity index (χ2n) is 7.15. The number of hydrogen-bond acceptors (Lipinski definition) is 4. The average molecular weight is 395 g/mol. The number of aromatic hydroxyl groups is 1. The van der Waals surface area contributed by atoms with Crippen molar-refractivity contribution in [1.82, 2.24) is 0 Å². The van der Waals surface area contributed by atoms with Crippen LogP contribution in [0.25, 0.3) is 10.8 Å². The normalized spacial score (nSPS) is 11.1. The van der Waals surface area contributed by atoms with Gasteiger partial charge in [0.2, 0.25) is 0 Å². The molecule has 0 heterocycles. The summed E-state index contributed by atoms with van der Waals surface area (Å²) in [5, 5.41) is 23.9. The Morgan fingerprint density at radius 2 is 1.57 bits per heavy atom. The van der Waals surface area contributed by atoms with E-state index in [4.69, 9.17) is 0 Å². The lowest BCUT2D eigenvalue weighted by molar-refractivity contribution is 0.102. The number of carbonyl (C=O) groups is 1. The summed E-state index contributed by atoms with van der Waals surface area (Å²) in [6.07, 6.45) is 0. The molecule has 2 N–H and O–H groups in total. The predicted molar refractivity (Wildman–Crippen MR) is 120 cm³/mol. The van der Waals surface area contributed by atoms with Gasteiger partial charge in [-0.05, 0) is 49.1 Å². The van der Waals surface area contributed by atoms with Gasteiger partial charge in [-0.1, -0.05) is 60.2 Å². The van der Waals surface area contributed by atoms with Crippen LogP contribution in [-0.2, 0) is 0 Å². The maximum absolute atomic E-state index is 12.9. The number of amides is 1. The molecule has 0 atom stereocenters. The minimum Gasteiger partial charge on any atom is -0.505 e. The van der Waals surface area contributed by atoms with Crippen molar-refractivity contribution in [3.8, 4) is 5.75 Å². The molecular formula is C25H21N3O2. The Hall–Kier alpha value is -3.99. The number of phenols is 1. The highest BCUT2D eigenvalue weighted by atomic mass is 16.3. The Morgan fingerprint density at radius 3 is 2.33 bits per heavy atom. The van der Waals surface area contributed by atoms with Gasteiger partial charge >= 0.3 is 0 Å². The maximum atomic E-state index is 12.9. The predicted octanol–water partition coefficient (Wildman–Crippen LogP) is 6.83. The zero-order valence-corrected chi connectivity index (χ0v) is 16.8. The lowest BCUT2D eigenvalue weighted by Crippen LogP contribution is -2.12. The van der Waals surface area contributed by atoms with Crippen molar-refractivity contribution in [3.63, 3.8) is 0 Å². The lowest BCUT2D eigenvalue weighted by atomic mass is 10.0. The quantitative estimate of drug-likeness (QED) is 0.372. The minimum absolute atomic E-state index is 0.146. The van der Waals surface area contributed by atoms with Crippen LogP contribution in [-0.4, -0.2) is 11.0 Å². The van der Waals surface area contributed by atoms with Crippen LogP contribution < -0.4 is 5.32 Å². The first-order valence-corrected chi connectivity index (χ1v) is 9.63. The van der Waals surface area contributed by atoms with E-state index in [-0.39, 0.29) is 17.0 Å². The Balaban J connectivity index is 1.78. The second-order valence-corrected chi connectivity index (χ2v) is 7.15. The van der Waals surface area contributed by atoms with Crippen molar-refractivity contribution in [1.29, 1.82) is 0 Å². The molecule has 0 saturated heterocycles. The van der Waals surface area contributed by atoms with Crippen molar-refractivity contribution in [3.05, 3.63) is 95.6 Å². The van der Waals surface area contributed by atoms with E-state index in [0.29, 0.717) is 11.4 Å². The summed E-state index contributed by atoms with van der Waals surface area (Å²) in [4.78, 5) is 12.9. The molecule has 0 unspecified atom stereocenters. The van der Waals surface area contributed by atoms with Gasteiger partial charge in [0, 0.05) is 11.1 Å². The largest absolute Gasteiger partial charge is 0.505 e. The van der Waals surface area contributed by atoms with Gasteiger partial charge in [0.25, 0.3) is 5.91 Å². The zero-order valence-electron chi connectivity index (χ0n) is 16.8. The van der Waals surface area contributed by atoms with Gasteiger partial charge in [-0.15, -0.1) is 5.11 Å². The Morgan fingerprint density at radius 1 is 0.867 bits per heavy atom. The number of phenolic OH excluding ortho intramolecular Hbond substituents is 1. The summed E-state index contributed by atoms with van der Waals surface area (Å²) in [7, 11) is 0. The molecule has 148 valence electrons. The SMILES string of the molecule is Cc1ccc(NC(=O)c2cc3ccccc3c(N=Nc3ccccc3C)c2O)cc1. The van der Waals surface area contributed by atoms with Crippen LogP contribution in [0.3, 0.4) is 0 Å². The highest BCUT2D eigenvalue weighted by molar-refractivity contribution is 6.11. The number of nitrogens with one attached hydrogen (secondary N) is 1. The van der Waals surface area contributed by atoms with Crippen molar-refractivity contribution in [2.24, 2.45) is 10.2 Å². The summed E-state index contributed by atoms with van der Waals surface area (Å²) in [6, 6.07) is 24.2. The van der Waals surface area contributed by atoms with Crippen LogP contribution in [0.15, 0.2) is 89.1 Å². The van der Waals surface area contributed by atoms with Gasteiger partial charge in [-0.25, -0.2) is 0 Å². The minimum atomic E-state index is -0.408. The molecule has 0 saturated carbocycles. The fourth-order valence-electron chi connectivity index (χ4n) is 3.21. The molecule has 0 aromatic heterocycles. The molecule has 0 aliphatic heterocycles. The number of aryl methyl sites for hydroxylation is 2. The number of fused-ring (bicyclic) bond motifs is 1. The first kappa shape index (κ1) is 19.3. The molecular weight excluding hydrogens is 374 g/mol. The highest BCUT2D eigenvalue weighted by Crippen LogP contribution is 2.39. The van der Waals surface area contributed by atoms with E-state index in [1.54, 1.807) is 6.07 Å². The van der Waals surface area contributed by atoms with Crippen LogP contribution in [0, 0.1) is 13.8 Å². The molecule has 5 nitrogen and oxygen atoms in total. The third-order valence-corrected chi connectivity index (χ3v) is 4.92. The van der Waals surface area contributed by atoms with Gasteiger partial charge in [0.05, 0.1) is 11.3 Å². The molecule has 0 aliphatic carbocycles. The first-order valence-electron chi connectivity index (χ1n) is 9.63. The summed E-state index contributed by atoms with van der Waals surface area (Å²) < 4.78 is 0. The molecule has 0 fully saturated rings. The van der Waals surface area contributed by atoms with E-state index in [1.165, 1.54) is 0 Å². The van der Waals surface area contributed by atoms with Gasteiger partial charge in [-0.3, -0.25) is 4.79 Å². The van der Waals surface area contributed by atoms with Crippen molar-refractivity contribution in [2.75, 3.05) is 5.32 Å². The number of nitrogens with zero attached hydrogens (tertiary/aromatic N) is 2. The van der Waals surface area contributed by atoms with Crippen LogP contribution >= 0.6 is 0 Å². The van der Waals surface area contributed by atoms with Crippen LogP contribution in [0.1, 0.15) is 21.5 Å². The standard InChI is InChI=1S/C25H21N3O2/c1-16-11-13-19(14-12-16)26-25(30)21-15-18-8-4-5-9-20(18)23(24(21)29)28-27-22-10-6-3-7-17(22)2/h3-15,29H,1-2H3,(H,26,30). The number of benzene rings is 4. The molecule has 1 amide bonds. The molecule has 4 aromatic rings. The molecule has 0 aliphatic rings. The van der Waals surface area contributed by atoms with Crippen molar-refractivity contribution >= 4 is 33.7 Å². The fraction of sp³-hybridized carbons (Fsp3) is 0.0800. The number of azo groups is 1. The molecule has 0 radical (unpaired) electrons. The molecule has 30 heavy (non-hydrogen) atoms. The van der Waals surface area contributed by atoms with Gasteiger partial charge in [0.15, 0.2) is 5.75 Å². The fourth-order valence-corrected chi connectivity index (χ4v) is 3.21. The number of hydrogen-bond donors (Lipinski definition) is 2. The topological polar surface area (TPSA) is 74.0 Å². The molecule has 4 aromatic carbocycles. The van der Waals surface area contributed by atoms with Gasteiger partial charge in [0.1, 0.15) is 5.69 Å². The Kier molecular flexibility index (Phi) is 5.26. The monoisotopic (exact) mass is 395 g/mol. The van der Waals surface area contributed by atoms with E-state index in [9.17, 15) is 9.90 Å². The third kappa shape index (κ3) is 3.91. The third-order valence-electron chi connectivity index (χ3n) is 4.92. The number of carbonyl (C=O) groups excluding carboxylic acids is 1. The molecule has 0 bridgehead atoms.